The quantitative estimate of drug-likeness (QED) is 0.356. The van der Waals surface area contributed by atoms with E-state index in [-0.39, 0.29) is 12.3 Å². The molecule has 46 valence electrons. The van der Waals surface area contributed by atoms with Crippen LogP contribution in [0.25, 0.3) is 0 Å². The number of nitrogens with two attached hydrogens (primary N) is 1. The molecule has 0 bridgehead atoms. The standard InChI is InChI=1S/C3H8N4O/c1-7-2(4)5-3(8)6-7/h2H,4H2,1H3,(H2,5,6,8). The number of nitrogens with zero attached hydrogens (tertiary/aromatic N) is 1. The summed E-state index contributed by atoms with van der Waals surface area (Å²) in [4.78, 5) is 10.3. The van der Waals surface area contributed by atoms with Gasteiger partial charge in [0.05, 0.1) is 0 Å². The van der Waals surface area contributed by atoms with Gasteiger partial charge in [-0.2, -0.15) is 5.01 Å². The Balaban J connectivity index is 2.51. The van der Waals surface area contributed by atoms with Crippen LogP contribution in [0.4, 0.5) is 4.79 Å². The van der Waals surface area contributed by atoms with Gasteiger partial charge >= 0.3 is 6.03 Å². The van der Waals surface area contributed by atoms with Crippen LogP contribution in [-0.2, 0) is 0 Å². The Hall–Kier alpha value is -0.810. The van der Waals surface area contributed by atoms with Crippen LogP contribution in [-0.4, -0.2) is 24.4 Å². The van der Waals surface area contributed by atoms with Crippen molar-refractivity contribution in [1.82, 2.24) is 15.8 Å². The molecule has 4 N–H and O–H groups in total. The highest BCUT2D eigenvalue weighted by atomic mass is 16.2. The van der Waals surface area contributed by atoms with Crippen LogP contribution in [0.2, 0.25) is 0 Å². The first-order valence-electron chi connectivity index (χ1n) is 2.26. The SMILES string of the molecule is CN1NC(=O)NC1N. The van der Waals surface area contributed by atoms with Gasteiger partial charge in [-0.05, 0) is 0 Å². The molecule has 8 heavy (non-hydrogen) atoms. The number of carbonyl (C=O) groups excluding carboxylic acids is 1. The minimum absolute atomic E-state index is 0.250. The molecule has 1 fully saturated rings. The van der Waals surface area contributed by atoms with E-state index in [1.165, 1.54) is 5.01 Å². The highest BCUT2D eigenvalue weighted by Crippen LogP contribution is 1.86. The van der Waals surface area contributed by atoms with Crippen LogP contribution in [0, 0.1) is 0 Å². The molecule has 2 amide bonds. The third kappa shape index (κ3) is 0.728. The van der Waals surface area contributed by atoms with Crippen LogP contribution in [0.15, 0.2) is 0 Å². The molecular weight excluding hydrogens is 108 g/mol. The van der Waals surface area contributed by atoms with E-state index in [0.717, 1.165) is 0 Å². The van der Waals surface area contributed by atoms with Crippen LogP contribution in [0.1, 0.15) is 0 Å². The molecule has 0 aromatic heterocycles. The summed E-state index contributed by atoms with van der Waals surface area (Å²) in [6.45, 7) is 0. The second-order valence-corrected chi connectivity index (χ2v) is 1.64. The molecule has 5 nitrogen and oxygen atoms in total. The van der Waals surface area contributed by atoms with Crippen molar-refractivity contribution >= 4 is 6.03 Å². The summed E-state index contributed by atoms with van der Waals surface area (Å²) in [6, 6.07) is -0.250. The van der Waals surface area contributed by atoms with Crippen molar-refractivity contribution in [2.24, 2.45) is 5.73 Å². The molecular formula is C3H8N4O. The maximum absolute atomic E-state index is 10.3. The minimum atomic E-state index is -0.387. The van der Waals surface area contributed by atoms with Crippen LogP contribution >= 0.6 is 0 Å². The number of rotatable bonds is 0. The predicted molar refractivity (Wildman–Crippen MR) is 27.4 cm³/mol. The maximum atomic E-state index is 10.3. The van der Waals surface area contributed by atoms with E-state index in [1.54, 1.807) is 7.05 Å². The first-order chi connectivity index (χ1) is 3.70. The lowest BCUT2D eigenvalue weighted by molar-refractivity contribution is 0.221. The lowest BCUT2D eigenvalue weighted by Gasteiger charge is -2.09. The Morgan fingerprint density at radius 1 is 1.88 bits per heavy atom. The van der Waals surface area contributed by atoms with Crippen molar-refractivity contribution in [2.45, 2.75) is 6.29 Å². The summed E-state index contributed by atoms with van der Waals surface area (Å²) >= 11 is 0. The van der Waals surface area contributed by atoms with E-state index < -0.39 is 0 Å². The first kappa shape index (κ1) is 5.33. The Labute approximate surface area is 46.8 Å². The summed E-state index contributed by atoms with van der Waals surface area (Å²) in [6.07, 6.45) is -0.387. The highest BCUT2D eigenvalue weighted by molar-refractivity contribution is 5.75. The third-order valence-electron chi connectivity index (χ3n) is 0.974. The van der Waals surface area contributed by atoms with Crippen molar-refractivity contribution in [3.05, 3.63) is 0 Å². The van der Waals surface area contributed by atoms with Gasteiger partial charge in [-0.3, -0.25) is 11.2 Å². The maximum Gasteiger partial charge on any atom is 0.331 e. The van der Waals surface area contributed by atoms with Crippen molar-refractivity contribution in [3.63, 3.8) is 0 Å². The molecule has 0 aliphatic carbocycles. The molecule has 1 heterocycles. The number of urea groups is 1. The van der Waals surface area contributed by atoms with Gasteiger partial charge in [0, 0.05) is 7.05 Å². The number of amides is 2. The zero-order valence-electron chi connectivity index (χ0n) is 4.51. The van der Waals surface area contributed by atoms with E-state index in [9.17, 15) is 4.79 Å². The largest absolute Gasteiger partial charge is 0.331 e. The molecule has 0 spiro atoms. The zero-order chi connectivity index (χ0) is 6.15. The van der Waals surface area contributed by atoms with E-state index in [0.29, 0.717) is 0 Å². The molecule has 1 saturated heterocycles. The lowest BCUT2D eigenvalue weighted by atomic mass is 10.8. The summed E-state index contributed by atoms with van der Waals surface area (Å²) in [7, 11) is 1.68. The Morgan fingerprint density at radius 2 is 2.50 bits per heavy atom. The third-order valence-corrected chi connectivity index (χ3v) is 0.974. The van der Waals surface area contributed by atoms with Crippen LogP contribution < -0.4 is 16.5 Å². The molecule has 0 aromatic rings. The molecule has 0 aromatic carbocycles. The summed E-state index contributed by atoms with van der Waals surface area (Å²) in [5, 5.41) is 3.91. The van der Waals surface area contributed by atoms with Crippen molar-refractivity contribution < 1.29 is 4.79 Å². The topological polar surface area (TPSA) is 70.4 Å². The molecule has 1 aliphatic heterocycles. The Bertz CT molecular complexity index is 102. The van der Waals surface area contributed by atoms with Gasteiger partial charge in [0.25, 0.3) is 0 Å². The number of nitrogens with one attached hydrogen (secondary N) is 2. The predicted octanol–water partition coefficient (Wildman–Crippen LogP) is -1.61. The average molecular weight is 116 g/mol. The second kappa shape index (κ2) is 1.61. The first-order valence-corrected chi connectivity index (χ1v) is 2.26. The number of hydrogen-bond donors (Lipinski definition) is 3. The van der Waals surface area contributed by atoms with Crippen molar-refractivity contribution in [1.29, 1.82) is 0 Å². The highest BCUT2D eigenvalue weighted by Gasteiger charge is 2.20. The summed E-state index contributed by atoms with van der Waals surface area (Å²) in [5.41, 5.74) is 7.72. The zero-order valence-corrected chi connectivity index (χ0v) is 4.51. The fourth-order valence-electron chi connectivity index (χ4n) is 0.493. The molecule has 5 heteroatoms. The lowest BCUT2D eigenvalue weighted by Crippen LogP contribution is -2.43. The van der Waals surface area contributed by atoms with Crippen molar-refractivity contribution in [3.8, 4) is 0 Å². The van der Waals surface area contributed by atoms with E-state index in [4.69, 9.17) is 5.73 Å². The van der Waals surface area contributed by atoms with E-state index in [1.807, 2.05) is 0 Å². The van der Waals surface area contributed by atoms with Gasteiger partial charge in [-0.25, -0.2) is 4.79 Å². The van der Waals surface area contributed by atoms with E-state index >= 15 is 0 Å². The number of hydrazine groups is 1. The monoisotopic (exact) mass is 116 g/mol. The molecule has 0 saturated carbocycles. The van der Waals surface area contributed by atoms with Gasteiger partial charge in [0.15, 0.2) is 6.29 Å². The fraction of sp³-hybridized carbons (Fsp3) is 0.667. The second-order valence-electron chi connectivity index (χ2n) is 1.64. The van der Waals surface area contributed by atoms with Gasteiger partial charge in [-0.15, -0.1) is 0 Å². The molecule has 1 rings (SSSR count). The summed E-state index contributed by atoms with van der Waals surface area (Å²) < 4.78 is 0. The number of carbonyl (C=O) groups is 1. The van der Waals surface area contributed by atoms with Crippen LogP contribution in [0.3, 0.4) is 0 Å². The summed E-state index contributed by atoms with van der Waals surface area (Å²) in [5.74, 6) is 0. The fourth-order valence-corrected chi connectivity index (χ4v) is 0.493. The average Bonchev–Trinajstić information content (AvgIpc) is 1.85. The Morgan fingerprint density at radius 3 is 2.62 bits per heavy atom. The molecule has 1 aliphatic rings. The van der Waals surface area contributed by atoms with Gasteiger partial charge in [0.2, 0.25) is 0 Å². The van der Waals surface area contributed by atoms with Gasteiger partial charge in [0.1, 0.15) is 0 Å². The molecule has 0 radical (unpaired) electrons. The molecule has 1 unspecified atom stereocenters. The van der Waals surface area contributed by atoms with E-state index in [2.05, 4.69) is 10.7 Å². The minimum Gasteiger partial charge on any atom is -0.307 e. The smallest absolute Gasteiger partial charge is 0.307 e. The normalized spacial score (nSPS) is 29.8. The Kier molecular flexibility index (Phi) is 1.07. The number of hydrogen-bond acceptors (Lipinski definition) is 3. The van der Waals surface area contributed by atoms with Gasteiger partial charge in [-0.1, -0.05) is 0 Å². The van der Waals surface area contributed by atoms with Gasteiger partial charge < -0.3 is 5.32 Å². The van der Waals surface area contributed by atoms with Crippen molar-refractivity contribution in [2.75, 3.05) is 7.05 Å². The molecule has 1 atom stereocenters. The van der Waals surface area contributed by atoms with Crippen LogP contribution in [0.5, 0.6) is 0 Å².